The van der Waals surface area contributed by atoms with E-state index in [1.807, 2.05) is 54.6 Å². The molecule has 142 valence electrons. The highest BCUT2D eigenvalue weighted by Crippen LogP contribution is 2.22. The molecule has 0 fully saturated rings. The summed E-state index contributed by atoms with van der Waals surface area (Å²) in [4.78, 5) is 0. The summed E-state index contributed by atoms with van der Waals surface area (Å²) in [6.45, 7) is 2.11. The Morgan fingerprint density at radius 3 is 2.19 bits per heavy atom. The van der Waals surface area contributed by atoms with E-state index in [1.165, 1.54) is 5.56 Å². The summed E-state index contributed by atoms with van der Waals surface area (Å²) < 4.78 is 5.99. The minimum atomic E-state index is 0. The van der Waals surface area contributed by atoms with Crippen molar-refractivity contribution in [1.82, 2.24) is 5.32 Å². The van der Waals surface area contributed by atoms with Crippen molar-refractivity contribution in [3.63, 3.8) is 0 Å². The molecule has 0 saturated carbocycles. The molecule has 0 saturated heterocycles. The zero-order valence-electron chi connectivity index (χ0n) is 14.8. The molecule has 0 aromatic heterocycles. The average Bonchev–Trinajstić information content (AvgIpc) is 2.67. The lowest BCUT2D eigenvalue weighted by Crippen LogP contribution is -2.17. The summed E-state index contributed by atoms with van der Waals surface area (Å²) in [5, 5.41) is 4.97. The van der Waals surface area contributed by atoms with Crippen molar-refractivity contribution >= 4 is 35.6 Å². The third-order valence-corrected chi connectivity index (χ3v) is 4.75. The molecular weight excluding hydrogens is 401 g/mol. The van der Waals surface area contributed by atoms with Crippen LogP contribution in [0.5, 0.6) is 5.75 Å². The predicted octanol–water partition coefficient (Wildman–Crippen LogP) is 6.33. The van der Waals surface area contributed by atoms with Crippen molar-refractivity contribution in [1.29, 1.82) is 0 Å². The van der Waals surface area contributed by atoms with E-state index in [-0.39, 0.29) is 12.4 Å². The van der Waals surface area contributed by atoms with Crippen LogP contribution in [-0.2, 0) is 19.6 Å². The van der Waals surface area contributed by atoms with Crippen LogP contribution >= 0.6 is 35.6 Å². The van der Waals surface area contributed by atoms with Gasteiger partial charge in [-0.3, -0.25) is 0 Å². The zero-order chi connectivity index (χ0) is 18.2. The number of halogens is 3. The number of benzene rings is 3. The number of rotatable bonds is 8. The second kappa shape index (κ2) is 11.2. The molecule has 0 atom stereocenters. The minimum absolute atomic E-state index is 0. The van der Waals surface area contributed by atoms with E-state index in [2.05, 4.69) is 23.5 Å². The Kier molecular flexibility index (Phi) is 8.96. The topological polar surface area (TPSA) is 21.3 Å². The summed E-state index contributed by atoms with van der Waals surface area (Å²) in [6.07, 6.45) is 0.958. The molecule has 0 amide bonds. The number of nitrogens with one attached hydrogen (secondary N) is 1. The van der Waals surface area contributed by atoms with Crippen LogP contribution < -0.4 is 10.1 Å². The molecule has 1 N–H and O–H groups in total. The van der Waals surface area contributed by atoms with Gasteiger partial charge in [0.15, 0.2) is 0 Å². The summed E-state index contributed by atoms with van der Waals surface area (Å²) in [6, 6.07) is 23.8. The fraction of sp³-hybridized carbons (Fsp3) is 0.182. The molecule has 0 aliphatic carbocycles. The first kappa shape index (κ1) is 21.6. The van der Waals surface area contributed by atoms with Gasteiger partial charge in [-0.15, -0.1) is 12.4 Å². The standard InChI is InChI=1S/C22H21Cl2NO.ClH/c23-20-11-9-17(10-12-20)13-14-25-15-18-5-2-4-8-22(18)26-16-19-6-1-3-7-21(19)24;/h1-12,25H,13-16H2;1H. The fourth-order valence-electron chi connectivity index (χ4n) is 2.67. The smallest absolute Gasteiger partial charge is 0.124 e. The largest absolute Gasteiger partial charge is 0.489 e. The normalized spacial score (nSPS) is 10.3. The molecule has 3 aromatic carbocycles. The predicted molar refractivity (Wildman–Crippen MR) is 116 cm³/mol. The Labute approximate surface area is 176 Å². The van der Waals surface area contributed by atoms with Crippen LogP contribution in [0.2, 0.25) is 10.0 Å². The molecule has 3 rings (SSSR count). The van der Waals surface area contributed by atoms with Crippen molar-refractivity contribution in [3.8, 4) is 5.75 Å². The lowest BCUT2D eigenvalue weighted by atomic mass is 10.1. The van der Waals surface area contributed by atoms with Gasteiger partial charge in [0.05, 0.1) is 0 Å². The van der Waals surface area contributed by atoms with Crippen LogP contribution in [0.15, 0.2) is 72.8 Å². The Morgan fingerprint density at radius 1 is 0.778 bits per heavy atom. The summed E-state index contributed by atoms with van der Waals surface area (Å²) >= 11 is 12.1. The van der Waals surface area contributed by atoms with Crippen molar-refractivity contribution in [2.24, 2.45) is 0 Å². The summed E-state index contributed by atoms with van der Waals surface area (Å²) in [5.74, 6) is 0.881. The molecule has 0 spiro atoms. The lowest BCUT2D eigenvalue weighted by molar-refractivity contribution is 0.302. The number of para-hydroxylation sites is 1. The van der Waals surface area contributed by atoms with Gasteiger partial charge in [-0.25, -0.2) is 0 Å². The van der Waals surface area contributed by atoms with Gasteiger partial charge in [-0.1, -0.05) is 71.7 Å². The van der Waals surface area contributed by atoms with Crippen LogP contribution in [0.25, 0.3) is 0 Å². The molecule has 0 unspecified atom stereocenters. The highest BCUT2D eigenvalue weighted by atomic mass is 35.5. The van der Waals surface area contributed by atoms with Crippen LogP contribution in [0, 0.1) is 0 Å². The second-order valence-electron chi connectivity index (χ2n) is 6.04. The van der Waals surface area contributed by atoms with E-state index in [1.54, 1.807) is 0 Å². The Hall–Kier alpha value is -1.71. The average molecular weight is 423 g/mol. The molecule has 0 aliphatic rings. The van der Waals surface area contributed by atoms with Gasteiger partial charge < -0.3 is 10.1 Å². The van der Waals surface area contributed by atoms with Crippen LogP contribution in [0.1, 0.15) is 16.7 Å². The van der Waals surface area contributed by atoms with Crippen LogP contribution in [0.4, 0.5) is 0 Å². The van der Waals surface area contributed by atoms with Crippen LogP contribution in [0.3, 0.4) is 0 Å². The Bertz CT molecular complexity index is 837. The maximum absolute atomic E-state index is 6.20. The van der Waals surface area contributed by atoms with Gasteiger partial charge in [0, 0.05) is 27.7 Å². The summed E-state index contributed by atoms with van der Waals surface area (Å²) in [7, 11) is 0. The molecule has 27 heavy (non-hydrogen) atoms. The first-order chi connectivity index (χ1) is 12.7. The van der Waals surface area contributed by atoms with E-state index in [0.29, 0.717) is 6.61 Å². The molecule has 0 radical (unpaired) electrons. The first-order valence-corrected chi connectivity index (χ1v) is 9.37. The van der Waals surface area contributed by atoms with Gasteiger partial charge in [0.25, 0.3) is 0 Å². The lowest BCUT2D eigenvalue weighted by Gasteiger charge is -2.13. The van der Waals surface area contributed by atoms with Crippen LogP contribution in [-0.4, -0.2) is 6.54 Å². The third kappa shape index (κ3) is 6.75. The third-order valence-electron chi connectivity index (χ3n) is 4.13. The first-order valence-electron chi connectivity index (χ1n) is 8.61. The van der Waals surface area contributed by atoms with E-state index in [9.17, 15) is 0 Å². The van der Waals surface area contributed by atoms with Crippen molar-refractivity contribution in [3.05, 3.63) is 99.5 Å². The number of hydrogen-bond acceptors (Lipinski definition) is 2. The quantitative estimate of drug-likeness (QED) is 0.428. The highest BCUT2D eigenvalue weighted by Gasteiger charge is 2.05. The second-order valence-corrected chi connectivity index (χ2v) is 6.88. The van der Waals surface area contributed by atoms with Crippen molar-refractivity contribution in [2.45, 2.75) is 19.6 Å². The van der Waals surface area contributed by atoms with E-state index >= 15 is 0 Å². The maximum atomic E-state index is 6.20. The Morgan fingerprint density at radius 2 is 1.44 bits per heavy atom. The number of hydrogen-bond donors (Lipinski definition) is 1. The van der Waals surface area contributed by atoms with Gasteiger partial charge >= 0.3 is 0 Å². The van der Waals surface area contributed by atoms with Gasteiger partial charge in [-0.2, -0.15) is 0 Å². The molecule has 2 nitrogen and oxygen atoms in total. The van der Waals surface area contributed by atoms with Gasteiger partial charge in [0.2, 0.25) is 0 Å². The Balaban J connectivity index is 0.00000261. The SMILES string of the molecule is Cl.Clc1ccc(CCNCc2ccccc2OCc2ccccc2Cl)cc1. The van der Waals surface area contributed by atoms with E-state index in [4.69, 9.17) is 27.9 Å². The van der Waals surface area contributed by atoms with Crippen molar-refractivity contribution < 1.29 is 4.74 Å². The molecular formula is C22H22Cl3NO. The maximum Gasteiger partial charge on any atom is 0.124 e. The van der Waals surface area contributed by atoms with Gasteiger partial charge in [0.1, 0.15) is 12.4 Å². The molecule has 0 aliphatic heterocycles. The van der Waals surface area contributed by atoms with Crippen molar-refractivity contribution in [2.75, 3.05) is 6.54 Å². The molecule has 3 aromatic rings. The fourth-order valence-corrected chi connectivity index (χ4v) is 2.98. The molecule has 5 heteroatoms. The monoisotopic (exact) mass is 421 g/mol. The molecule has 0 bridgehead atoms. The van der Waals surface area contributed by atoms with Gasteiger partial charge in [-0.05, 0) is 42.8 Å². The number of ether oxygens (including phenoxy) is 1. The zero-order valence-corrected chi connectivity index (χ0v) is 17.2. The minimum Gasteiger partial charge on any atom is -0.489 e. The van der Waals surface area contributed by atoms with E-state index < -0.39 is 0 Å². The molecule has 0 heterocycles. The highest BCUT2D eigenvalue weighted by molar-refractivity contribution is 6.31. The van der Waals surface area contributed by atoms with E-state index in [0.717, 1.165) is 46.4 Å². The summed E-state index contributed by atoms with van der Waals surface area (Å²) in [5.41, 5.74) is 3.39.